The molecule has 0 amide bonds. The summed E-state index contributed by atoms with van der Waals surface area (Å²) in [5, 5.41) is 6.92. The Morgan fingerprint density at radius 2 is 1.63 bits per heavy atom. The lowest BCUT2D eigenvalue weighted by Crippen LogP contribution is -2.49. The van der Waals surface area contributed by atoms with E-state index < -0.39 is 0 Å². The van der Waals surface area contributed by atoms with Crippen LogP contribution in [-0.2, 0) is 0 Å². The number of rotatable bonds is 8. The van der Waals surface area contributed by atoms with Gasteiger partial charge in [0.2, 0.25) is 0 Å². The number of nitrogens with zero attached hydrogens (tertiary/aromatic N) is 4. The van der Waals surface area contributed by atoms with Gasteiger partial charge in [-0.3, -0.25) is 9.89 Å². The largest absolute Gasteiger partial charge is 0.357 e. The molecule has 1 unspecified atom stereocenters. The molecule has 27 heavy (non-hydrogen) atoms. The molecule has 0 aromatic carbocycles. The molecular weight excluding hydrogens is 451 g/mol. The van der Waals surface area contributed by atoms with Crippen molar-refractivity contribution in [1.82, 2.24) is 25.3 Å². The van der Waals surface area contributed by atoms with Crippen molar-refractivity contribution in [2.75, 3.05) is 72.5 Å². The highest BCUT2D eigenvalue weighted by Gasteiger charge is 2.18. The number of likely N-dealkylation sites (N-methyl/N-ethyl adjacent to an activating group) is 1. The molecule has 2 aliphatic rings. The number of nitrogens with one attached hydrogen (secondary N) is 2. The topological polar surface area (TPSA) is 46.1 Å². The zero-order valence-corrected chi connectivity index (χ0v) is 20.2. The Morgan fingerprint density at radius 1 is 0.963 bits per heavy atom. The van der Waals surface area contributed by atoms with E-state index in [1.165, 1.54) is 64.8 Å². The number of hydrogen-bond donors (Lipinski definition) is 2. The maximum absolute atomic E-state index is 4.83. The maximum Gasteiger partial charge on any atom is 0.191 e. The van der Waals surface area contributed by atoms with Crippen LogP contribution in [0.15, 0.2) is 4.99 Å². The van der Waals surface area contributed by atoms with Gasteiger partial charge in [0.15, 0.2) is 5.96 Å². The van der Waals surface area contributed by atoms with E-state index in [9.17, 15) is 0 Å². The Bertz CT molecular complexity index is 390. The van der Waals surface area contributed by atoms with Crippen LogP contribution in [0.1, 0.15) is 46.0 Å². The van der Waals surface area contributed by atoms with E-state index in [2.05, 4.69) is 46.2 Å². The third-order valence-corrected chi connectivity index (χ3v) is 5.66. The molecule has 2 rings (SSSR count). The van der Waals surface area contributed by atoms with E-state index in [1.54, 1.807) is 0 Å². The summed E-state index contributed by atoms with van der Waals surface area (Å²) in [7, 11) is 2.21. The van der Waals surface area contributed by atoms with Crippen molar-refractivity contribution in [1.29, 1.82) is 0 Å². The van der Waals surface area contributed by atoms with E-state index >= 15 is 0 Å². The molecular formula is C20H43IN6. The first-order valence-corrected chi connectivity index (χ1v) is 10.9. The molecule has 1 atom stereocenters. The Morgan fingerprint density at radius 3 is 2.26 bits per heavy atom. The van der Waals surface area contributed by atoms with Gasteiger partial charge >= 0.3 is 0 Å². The van der Waals surface area contributed by atoms with E-state index in [4.69, 9.17) is 4.99 Å². The molecule has 0 saturated carbocycles. The molecule has 0 spiro atoms. The van der Waals surface area contributed by atoms with Crippen LogP contribution in [0.5, 0.6) is 0 Å². The van der Waals surface area contributed by atoms with Crippen LogP contribution in [0.4, 0.5) is 0 Å². The first-order valence-electron chi connectivity index (χ1n) is 10.9. The van der Waals surface area contributed by atoms with Gasteiger partial charge in [0.25, 0.3) is 0 Å². The predicted octanol–water partition coefficient (Wildman–Crippen LogP) is 2.06. The first kappa shape index (κ1) is 24.9. The van der Waals surface area contributed by atoms with Gasteiger partial charge < -0.3 is 20.4 Å². The molecule has 2 aliphatic heterocycles. The van der Waals surface area contributed by atoms with Crippen molar-refractivity contribution in [3.05, 3.63) is 0 Å². The molecule has 0 radical (unpaired) electrons. The molecule has 2 saturated heterocycles. The summed E-state index contributed by atoms with van der Waals surface area (Å²) in [5.74, 6) is 0.976. The summed E-state index contributed by atoms with van der Waals surface area (Å²) in [6, 6.07) is 0.510. The van der Waals surface area contributed by atoms with E-state index in [-0.39, 0.29) is 24.0 Å². The molecule has 0 aromatic rings. The quantitative estimate of drug-likeness (QED) is 0.234. The van der Waals surface area contributed by atoms with Gasteiger partial charge in [0, 0.05) is 45.3 Å². The number of hydrogen-bond acceptors (Lipinski definition) is 4. The van der Waals surface area contributed by atoms with Crippen LogP contribution in [0.25, 0.3) is 0 Å². The average Bonchev–Trinajstić information content (AvgIpc) is 2.92. The third kappa shape index (κ3) is 10.3. The standard InChI is InChI=1S/C20H42N6.HI/c1-4-21-20(22-10-9-13-25-11-7-5-6-8-12-25)23-18-19(2)26-16-14-24(3)15-17-26;/h19H,4-18H2,1-3H3,(H2,21,22,23);1H. The Kier molecular flexibility index (Phi) is 13.7. The fourth-order valence-electron chi connectivity index (χ4n) is 3.81. The van der Waals surface area contributed by atoms with E-state index in [1.807, 2.05) is 0 Å². The van der Waals surface area contributed by atoms with Crippen molar-refractivity contribution in [2.45, 2.75) is 52.0 Å². The highest BCUT2D eigenvalue weighted by atomic mass is 127. The average molecular weight is 495 g/mol. The van der Waals surface area contributed by atoms with Crippen LogP contribution >= 0.6 is 24.0 Å². The Balaban J connectivity index is 0.00000364. The van der Waals surface area contributed by atoms with Gasteiger partial charge in [0.1, 0.15) is 0 Å². The van der Waals surface area contributed by atoms with Crippen LogP contribution in [0, 0.1) is 0 Å². The van der Waals surface area contributed by atoms with Gasteiger partial charge in [0.05, 0.1) is 6.54 Å². The second-order valence-corrected chi connectivity index (χ2v) is 7.94. The summed E-state index contributed by atoms with van der Waals surface area (Å²) >= 11 is 0. The minimum absolute atomic E-state index is 0. The van der Waals surface area contributed by atoms with Crippen molar-refractivity contribution in [3.63, 3.8) is 0 Å². The second-order valence-electron chi connectivity index (χ2n) is 7.94. The lowest BCUT2D eigenvalue weighted by Gasteiger charge is -2.35. The van der Waals surface area contributed by atoms with Gasteiger partial charge in [-0.1, -0.05) is 12.8 Å². The number of aliphatic imine (C=N–C) groups is 1. The lowest BCUT2D eigenvalue weighted by molar-refractivity contribution is 0.122. The normalized spacial score (nSPS) is 22.0. The molecule has 0 aromatic heterocycles. The summed E-state index contributed by atoms with van der Waals surface area (Å²) in [6.45, 7) is 15.7. The highest BCUT2D eigenvalue weighted by Crippen LogP contribution is 2.09. The molecule has 0 bridgehead atoms. The molecule has 160 valence electrons. The smallest absolute Gasteiger partial charge is 0.191 e. The maximum atomic E-state index is 4.83. The van der Waals surface area contributed by atoms with E-state index in [0.29, 0.717) is 6.04 Å². The number of likely N-dealkylation sites (tertiary alicyclic amines) is 1. The molecule has 2 heterocycles. The minimum Gasteiger partial charge on any atom is -0.357 e. The molecule has 6 nitrogen and oxygen atoms in total. The van der Waals surface area contributed by atoms with Crippen molar-refractivity contribution in [2.24, 2.45) is 4.99 Å². The lowest BCUT2D eigenvalue weighted by atomic mass is 10.2. The van der Waals surface area contributed by atoms with Crippen LogP contribution in [0.3, 0.4) is 0 Å². The highest BCUT2D eigenvalue weighted by molar-refractivity contribution is 14.0. The molecule has 2 fully saturated rings. The van der Waals surface area contributed by atoms with Crippen molar-refractivity contribution >= 4 is 29.9 Å². The van der Waals surface area contributed by atoms with Gasteiger partial charge in [-0.2, -0.15) is 0 Å². The van der Waals surface area contributed by atoms with Crippen LogP contribution in [0.2, 0.25) is 0 Å². The number of halogens is 1. The monoisotopic (exact) mass is 494 g/mol. The predicted molar refractivity (Wildman–Crippen MR) is 127 cm³/mol. The summed E-state index contributed by atoms with van der Waals surface area (Å²) in [4.78, 5) is 12.4. The van der Waals surface area contributed by atoms with Gasteiger partial charge in [-0.15, -0.1) is 24.0 Å². The second kappa shape index (κ2) is 14.8. The van der Waals surface area contributed by atoms with Crippen LogP contribution < -0.4 is 10.6 Å². The number of piperazine rings is 1. The Hall–Kier alpha value is -0.120. The Labute approximate surface area is 184 Å². The first-order chi connectivity index (χ1) is 12.7. The fraction of sp³-hybridized carbons (Fsp3) is 0.950. The van der Waals surface area contributed by atoms with Crippen LogP contribution in [-0.4, -0.2) is 99.2 Å². The van der Waals surface area contributed by atoms with Gasteiger partial charge in [-0.25, -0.2) is 0 Å². The SMILES string of the molecule is CCNC(=NCC(C)N1CCN(C)CC1)NCCCN1CCCCCC1.I. The molecule has 7 heteroatoms. The molecule has 2 N–H and O–H groups in total. The summed E-state index contributed by atoms with van der Waals surface area (Å²) in [6.07, 6.45) is 6.77. The minimum atomic E-state index is 0. The van der Waals surface area contributed by atoms with Gasteiger partial charge in [-0.05, 0) is 59.8 Å². The summed E-state index contributed by atoms with van der Waals surface area (Å²) in [5.41, 5.74) is 0. The number of guanidine groups is 1. The third-order valence-electron chi connectivity index (χ3n) is 5.66. The fourth-order valence-corrected chi connectivity index (χ4v) is 3.81. The van der Waals surface area contributed by atoms with Crippen molar-refractivity contribution in [3.8, 4) is 0 Å². The molecule has 0 aliphatic carbocycles. The zero-order chi connectivity index (χ0) is 18.6. The summed E-state index contributed by atoms with van der Waals surface area (Å²) < 4.78 is 0. The van der Waals surface area contributed by atoms with Crippen molar-refractivity contribution < 1.29 is 0 Å². The van der Waals surface area contributed by atoms with E-state index in [0.717, 1.165) is 38.7 Å². The zero-order valence-electron chi connectivity index (χ0n) is 17.9.